The van der Waals surface area contributed by atoms with Gasteiger partial charge in [0.05, 0.1) is 0 Å². The second-order valence-electron chi connectivity index (χ2n) is 3.01. The van der Waals surface area contributed by atoms with E-state index in [0.717, 1.165) is 0 Å². The van der Waals surface area contributed by atoms with Crippen LogP contribution in [0.1, 0.15) is 20.8 Å². The highest BCUT2D eigenvalue weighted by atomic mass is 32.2. The molecule has 0 spiro atoms. The van der Waals surface area contributed by atoms with Crippen molar-refractivity contribution in [2.75, 3.05) is 12.4 Å². The van der Waals surface area contributed by atoms with Crippen LogP contribution in [0.3, 0.4) is 0 Å². The molecule has 0 saturated carbocycles. The zero-order chi connectivity index (χ0) is 8.20. The molecule has 3 nitrogen and oxygen atoms in total. The zero-order valence-corrected chi connectivity index (χ0v) is 7.44. The normalized spacial score (nSPS) is 15.6. The summed E-state index contributed by atoms with van der Waals surface area (Å²) < 4.78 is 14.8. The first-order valence-electron chi connectivity index (χ1n) is 3.18. The van der Waals surface area contributed by atoms with Gasteiger partial charge in [0, 0.05) is 12.1 Å². The van der Waals surface area contributed by atoms with E-state index in [9.17, 15) is 4.21 Å². The van der Waals surface area contributed by atoms with Crippen LogP contribution in [-0.2, 0) is 14.8 Å². The van der Waals surface area contributed by atoms with Gasteiger partial charge in [-0.2, -0.15) is 10.6 Å². The molecular weight excluding hydrogens is 150 g/mol. The number of rotatable bonds is 2. The van der Waals surface area contributed by atoms with Crippen LogP contribution in [-0.4, -0.2) is 23.0 Å². The number of hydrogen-bond donors (Lipinski definition) is 1. The molecule has 0 aromatic heterocycles. The lowest BCUT2D eigenvalue weighted by atomic mass is 10.1. The van der Waals surface area contributed by atoms with Crippen molar-refractivity contribution in [2.45, 2.75) is 26.3 Å². The third kappa shape index (κ3) is 6.04. The highest BCUT2D eigenvalue weighted by Gasteiger charge is 2.00. The Morgan fingerprint density at radius 3 is 2.30 bits per heavy atom. The number of aliphatic hydroxyl groups excluding tert-OH is 1. The van der Waals surface area contributed by atoms with Crippen molar-refractivity contribution in [2.24, 2.45) is 4.36 Å². The van der Waals surface area contributed by atoms with Crippen LogP contribution in [0.25, 0.3) is 0 Å². The van der Waals surface area contributed by atoms with Crippen molar-refractivity contribution in [1.82, 2.24) is 0 Å². The lowest BCUT2D eigenvalue weighted by Crippen LogP contribution is -2.10. The monoisotopic (exact) mass is 164 g/mol. The summed E-state index contributed by atoms with van der Waals surface area (Å²) in [5, 5.41) is 8.38. The van der Waals surface area contributed by atoms with Crippen molar-refractivity contribution >= 4 is 10.6 Å². The van der Waals surface area contributed by atoms with Gasteiger partial charge >= 0.3 is 0 Å². The smallest absolute Gasteiger partial charge is 0.0280 e. The van der Waals surface area contributed by atoms with Crippen LogP contribution in [0.2, 0.25) is 0 Å². The molecule has 0 amide bonds. The molecule has 0 atom stereocenters. The number of aliphatic hydroxyl groups is 1. The maximum absolute atomic E-state index is 10.8. The summed E-state index contributed by atoms with van der Waals surface area (Å²) in [4.78, 5) is 0. The second kappa shape index (κ2) is 3.93. The standard InChI is InChI=1S/C6H14NO2S/c1-6(2,3)7-10(9)5-4-8/h8H,4-5H2,1-3H3/q-1. The van der Waals surface area contributed by atoms with Crippen LogP contribution in [0, 0.1) is 0 Å². The van der Waals surface area contributed by atoms with E-state index in [1.165, 1.54) is 0 Å². The Kier molecular flexibility index (Phi) is 3.89. The molecule has 0 aliphatic carbocycles. The summed E-state index contributed by atoms with van der Waals surface area (Å²) in [6.07, 6.45) is 0. The van der Waals surface area contributed by atoms with Gasteiger partial charge in [-0.3, -0.25) is 0 Å². The van der Waals surface area contributed by atoms with Gasteiger partial charge in [-0.1, -0.05) is 5.75 Å². The SMILES string of the molecule is CC(C)(C)N=[S-](=O)CCO. The molecule has 0 radical (unpaired) electrons. The van der Waals surface area contributed by atoms with Crippen molar-refractivity contribution < 1.29 is 9.32 Å². The van der Waals surface area contributed by atoms with Gasteiger partial charge in [0.2, 0.25) is 0 Å². The van der Waals surface area contributed by atoms with Crippen LogP contribution >= 0.6 is 0 Å². The highest BCUT2D eigenvalue weighted by Crippen LogP contribution is 2.06. The topological polar surface area (TPSA) is 49.7 Å². The first-order chi connectivity index (χ1) is 4.45. The molecule has 0 fully saturated rings. The van der Waals surface area contributed by atoms with Gasteiger partial charge < -0.3 is 13.7 Å². The third-order valence-electron chi connectivity index (χ3n) is 0.642. The lowest BCUT2D eigenvalue weighted by Gasteiger charge is -2.17. The maximum Gasteiger partial charge on any atom is 0.0280 e. The zero-order valence-electron chi connectivity index (χ0n) is 6.63. The summed E-state index contributed by atoms with van der Waals surface area (Å²) in [7, 11) is -1.21. The molecule has 62 valence electrons. The van der Waals surface area contributed by atoms with Gasteiger partial charge in [0.25, 0.3) is 0 Å². The van der Waals surface area contributed by atoms with E-state index < -0.39 is 10.6 Å². The third-order valence-corrected chi connectivity index (χ3v) is 1.92. The molecule has 0 bridgehead atoms. The number of nitrogens with zero attached hydrogens (tertiary/aromatic N) is 1. The van der Waals surface area contributed by atoms with Crippen molar-refractivity contribution in [3.8, 4) is 0 Å². The van der Waals surface area contributed by atoms with Gasteiger partial charge in [0.1, 0.15) is 0 Å². The predicted molar refractivity (Wildman–Crippen MR) is 42.2 cm³/mol. The summed E-state index contributed by atoms with van der Waals surface area (Å²) in [6, 6.07) is 0. The summed E-state index contributed by atoms with van der Waals surface area (Å²) >= 11 is 0. The first kappa shape index (κ1) is 9.91. The second-order valence-corrected chi connectivity index (χ2v) is 4.25. The molecule has 0 unspecified atom stereocenters. The van der Waals surface area contributed by atoms with Crippen LogP contribution < -0.4 is 0 Å². The number of hydrogen-bond acceptors (Lipinski definition) is 4. The average molecular weight is 164 g/mol. The quantitative estimate of drug-likeness (QED) is 0.617. The van der Waals surface area contributed by atoms with Crippen LogP contribution in [0.15, 0.2) is 4.36 Å². The molecule has 0 heterocycles. The maximum atomic E-state index is 10.8. The van der Waals surface area contributed by atoms with Crippen molar-refractivity contribution in [1.29, 1.82) is 0 Å². The summed E-state index contributed by atoms with van der Waals surface area (Å²) in [5.41, 5.74) is -0.264. The fourth-order valence-electron chi connectivity index (χ4n) is 0.429. The van der Waals surface area contributed by atoms with E-state index in [4.69, 9.17) is 5.11 Å². The average Bonchev–Trinajstić information content (AvgIpc) is 1.59. The largest absolute Gasteiger partial charge is 0.444 e. The molecule has 0 saturated heterocycles. The molecular formula is C6H14NO2S-. The highest BCUT2D eigenvalue weighted by molar-refractivity contribution is 7.74. The first-order valence-corrected chi connectivity index (χ1v) is 4.45. The van der Waals surface area contributed by atoms with E-state index in [2.05, 4.69) is 4.36 Å². The molecule has 0 aliphatic rings. The molecule has 0 aliphatic heterocycles. The van der Waals surface area contributed by atoms with Crippen molar-refractivity contribution in [3.63, 3.8) is 0 Å². The molecule has 1 N–H and O–H groups in total. The van der Waals surface area contributed by atoms with E-state index in [1.807, 2.05) is 20.8 Å². The fourth-order valence-corrected chi connectivity index (χ4v) is 1.29. The fraction of sp³-hybridized carbons (Fsp3) is 1.00. The minimum Gasteiger partial charge on any atom is -0.444 e. The molecule has 10 heavy (non-hydrogen) atoms. The molecule has 0 aromatic rings. The Morgan fingerprint density at radius 2 is 2.00 bits per heavy atom. The van der Waals surface area contributed by atoms with Crippen molar-refractivity contribution in [3.05, 3.63) is 0 Å². The molecule has 4 heteroatoms. The summed E-state index contributed by atoms with van der Waals surface area (Å²) in [6.45, 7) is 5.57. The Bertz CT molecular complexity index is 165. The lowest BCUT2D eigenvalue weighted by molar-refractivity contribution is 0.321. The van der Waals surface area contributed by atoms with Gasteiger partial charge in [-0.15, -0.1) is 0 Å². The van der Waals surface area contributed by atoms with Gasteiger partial charge in [-0.25, -0.2) is 0 Å². The van der Waals surface area contributed by atoms with Gasteiger partial charge in [-0.05, 0) is 20.8 Å². The van der Waals surface area contributed by atoms with Gasteiger partial charge in [0.15, 0.2) is 0 Å². The van der Waals surface area contributed by atoms with E-state index in [1.54, 1.807) is 0 Å². The molecule has 0 rings (SSSR count). The minimum absolute atomic E-state index is 0.0633. The Morgan fingerprint density at radius 1 is 1.50 bits per heavy atom. The minimum atomic E-state index is -1.21. The predicted octanol–water partition coefficient (Wildman–Crippen LogP) is 0.925. The van der Waals surface area contributed by atoms with Crippen LogP contribution in [0.4, 0.5) is 0 Å². The Balaban J connectivity index is 4.04. The molecule has 0 aromatic carbocycles. The Hall–Kier alpha value is -0.0900. The van der Waals surface area contributed by atoms with E-state index in [-0.39, 0.29) is 17.9 Å². The van der Waals surface area contributed by atoms with Crippen LogP contribution in [0.5, 0.6) is 0 Å². The Labute approximate surface area is 63.7 Å². The summed E-state index contributed by atoms with van der Waals surface area (Å²) in [5.74, 6) is 0.247. The van der Waals surface area contributed by atoms with E-state index in [0.29, 0.717) is 0 Å². The van der Waals surface area contributed by atoms with E-state index >= 15 is 0 Å².